The van der Waals surface area contributed by atoms with Crippen LogP contribution in [0.25, 0.3) is 11.8 Å². The van der Waals surface area contributed by atoms with Gasteiger partial charge in [-0.1, -0.05) is 6.08 Å². The standard InChI is InChI=1S/C25H20N4O13S2/c1-40-24(32)20-18(22(30)28(26-20)14-6-10-16(11-7-14)43(34,35)36)4-3-5-19-21(42-25(33)41-2)27-29(23(19)31)15-8-12-17(13-9-15)44(37,38)39/h3-13,27H,1-2H3,(H,34,35,36)(H,37,38,39). The molecule has 0 aliphatic carbocycles. The number of benzene rings is 2. The molecule has 0 spiro atoms. The average Bonchev–Trinajstić information content (AvgIpc) is 3.47. The Morgan fingerprint density at radius 2 is 1.41 bits per heavy atom. The molecule has 19 heteroatoms. The van der Waals surface area contributed by atoms with Crippen LogP contribution in [0.15, 0.2) is 85.9 Å². The predicted octanol–water partition coefficient (Wildman–Crippen LogP) is 1.32. The minimum Gasteiger partial charge on any atom is -0.464 e. The fourth-order valence-electron chi connectivity index (χ4n) is 3.72. The molecule has 0 bridgehead atoms. The molecule has 0 fully saturated rings. The van der Waals surface area contributed by atoms with Crippen molar-refractivity contribution in [2.75, 3.05) is 19.2 Å². The molecule has 1 aromatic heterocycles. The lowest BCUT2D eigenvalue weighted by atomic mass is 10.1. The molecule has 4 rings (SSSR count). The maximum absolute atomic E-state index is 13.2. The molecule has 17 nitrogen and oxygen atoms in total. The number of methoxy groups -OCH3 is 2. The quantitative estimate of drug-likeness (QED) is 0.178. The largest absolute Gasteiger partial charge is 0.514 e. The van der Waals surface area contributed by atoms with Crippen LogP contribution in [-0.4, -0.2) is 73.7 Å². The average molecular weight is 649 g/mol. The first-order valence-corrected chi connectivity index (χ1v) is 14.7. The van der Waals surface area contributed by atoms with Gasteiger partial charge in [0.2, 0.25) is 5.88 Å². The highest BCUT2D eigenvalue weighted by molar-refractivity contribution is 7.86. The molecule has 3 N–H and O–H groups in total. The Bertz CT molecular complexity index is 2020. The van der Waals surface area contributed by atoms with Gasteiger partial charge in [-0.3, -0.25) is 23.8 Å². The first-order chi connectivity index (χ1) is 20.6. The number of hydrogen-bond acceptors (Lipinski definition) is 12. The topological polar surface area (TPSA) is 241 Å². The Labute approximate surface area is 247 Å². The molecule has 0 unspecified atom stereocenters. The second-order valence-electron chi connectivity index (χ2n) is 8.49. The number of nitrogens with zero attached hydrogens (tertiary/aromatic N) is 3. The summed E-state index contributed by atoms with van der Waals surface area (Å²) in [6, 6.07) is 8.79. The molecular formula is C25H20N4O13S2. The third-order valence-electron chi connectivity index (χ3n) is 5.80. The Morgan fingerprint density at radius 1 is 0.864 bits per heavy atom. The van der Waals surface area contributed by atoms with E-state index >= 15 is 0 Å². The van der Waals surface area contributed by atoms with Gasteiger partial charge < -0.3 is 14.2 Å². The molecule has 2 aromatic carbocycles. The number of carbonyl (C=O) groups excluding carboxylic acids is 3. The number of hydrazone groups is 1. The van der Waals surface area contributed by atoms with Crippen LogP contribution in [0.1, 0.15) is 5.56 Å². The molecule has 3 aromatic rings. The summed E-state index contributed by atoms with van der Waals surface area (Å²) >= 11 is 0. The fourth-order valence-corrected chi connectivity index (χ4v) is 4.68. The number of allylic oxidation sites excluding steroid dienone is 2. The lowest BCUT2D eigenvalue weighted by Crippen LogP contribution is -2.22. The van der Waals surface area contributed by atoms with Crippen LogP contribution in [0.5, 0.6) is 5.88 Å². The molecule has 0 saturated carbocycles. The Kier molecular flexibility index (Phi) is 8.67. The molecule has 0 atom stereocenters. The number of nitrogens with one attached hydrogen (secondary N) is 1. The van der Waals surface area contributed by atoms with E-state index in [1.54, 1.807) is 0 Å². The van der Waals surface area contributed by atoms with Crippen molar-refractivity contribution in [1.82, 2.24) is 9.78 Å². The molecule has 230 valence electrons. The van der Waals surface area contributed by atoms with Crippen molar-refractivity contribution in [2.24, 2.45) is 5.10 Å². The van der Waals surface area contributed by atoms with Crippen molar-refractivity contribution in [3.05, 3.63) is 82.2 Å². The zero-order chi connectivity index (χ0) is 32.4. The zero-order valence-corrected chi connectivity index (χ0v) is 24.0. The maximum atomic E-state index is 13.2. The van der Waals surface area contributed by atoms with E-state index in [9.17, 15) is 45.1 Å². The van der Waals surface area contributed by atoms with Crippen molar-refractivity contribution < 1.29 is 54.5 Å². The second-order valence-corrected chi connectivity index (χ2v) is 11.3. The van der Waals surface area contributed by atoms with Crippen molar-refractivity contribution in [1.29, 1.82) is 0 Å². The van der Waals surface area contributed by atoms with Gasteiger partial charge in [-0.2, -0.15) is 26.9 Å². The van der Waals surface area contributed by atoms with Crippen molar-refractivity contribution in [3.63, 3.8) is 0 Å². The first-order valence-electron chi connectivity index (χ1n) is 11.8. The number of amides is 1. The molecule has 1 aliphatic heterocycles. The van der Waals surface area contributed by atoms with Gasteiger partial charge >= 0.3 is 12.1 Å². The van der Waals surface area contributed by atoms with Crippen LogP contribution in [-0.2, 0) is 39.3 Å². The number of ether oxygens (including phenoxy) is 3. The van der Waals surface area contributed by atoms with Gasteiger partial charge in [0, 0.05) is 0 Å². The number of hydrogen-bond donors (Lipinski definition) is 3. The number of aromatic nitrogens is 2. The smallest absolute Gasteiger partial charge is 0.464 e. The maximum Gasteiger partial charge on any atom is 0.514 e. The second kappa shape index (κ2) is 12.1. The van der Waals surface area contributed by atoms with Crippen molar-refractivity contribution >= 4 is 55.7 Å². The Balaban J connectivity index is 1.73. The summed E-state index contributed by atoms with van der Waals surface area (Å²) in [7, 11) is -6.95. The van der Waals surface area contributed by atoms with E-state index < -0.39 is 65.2 Å². The van der Waals surface area contributed by atoms with Crippen LogP contribution in [0.4, 0.5) is 10.5 Å². The van der Waals surface area contributed by atoms with Crippen molar-refractivity contribution in [2.45, 2.75) is 9.79 Å². The monoisotopic (exact) mass is 648 g/mol. The predicted molar refractivity (Wildman–Crippen MR) is 150 cm³/mol. The molecule has 44 heavy (non-hydrogen) atoms. The van der Waals surface area contributed by atoms with Crippen LogP contribution in [0.2, 0.25) is 0 Å². The number of aromatic amines is 1. The van der Waals surface area contributed by atoms with Gasteiger partial charge in [0.25, 0.3) is 31.7 Å². The normalized spacial score (nSPS) is 14.6. The van der Waals surface area contributed by atoms with Gasteiger partial charge in [0.1, 0.15) is 5.56 Å². The third kappa shape index (κ3) is 6.49. The number of esters is 1. The van der Waals surface area contributed by atoms with Gasteiger partial charge in [0.05, 0.1) is 41.0 Å². The van der Waals surface area contributed by atoms with E-state index in [0.717, 1.165) is 66.4 Å². The summed E-state index contributed by atoms with van der Waals surface area (Å²) in [5, 5.41) is 7.26. The van der Waals surface area contributed by atoms with Gasteiger partial charge in [0.15, 0.2) is 5.71 Å². The molecule has 0 radical (unpaired) electrons. The highest BCUT2D eigenvalue weighted by atomic mass is 32.2. The van der Waals surface area contributed by atoms with E-state index in [0.29, 0.717) is 0 Å². The highest BCUT2D eigenvalue weighted by Crippen LogP contribution is 2.26. The van der Waals surface area contributed by atoms with Gasteiger partial charge in [-0.25, -0.2) is 14.3 Å². The van der Waals surface area contributed by atoms with E-state index in [2.05, 4.69) is 14.9 Å². The molecule has 1 amide bonds. The minimum atomic E-state index is -4.51. The Hall–Kier alpha value is -5.37. The summed E-state index contributed by atoms with van der Waals surface area (Å²) in [5.74, 6) is -2.25. The number of rotatable bonds is 8. The third-order valence-corrected chi connectivity index (χ3v) is 7.53. The molecular weight excluding hydrogens is 628 g/mol. The van der Waals surface area contributed by atoms with Crippen LogP contribution >= 0.6 is 0 Å². The molecule has 0 saturated heterocycles. The first kappa shape index (κ1) is 31.6. The molecule has 2 heterocycles. The summed E-state index contributed by atoms with van der Waals surface area (Å²) in [5.41, 5.74) is -1.68. The van der Waals surface area contributed by atoms with E-state index in [-0.39, 0.29) is 22.5 Å². The number of anilines is 1. The Morgan fingerprint density at radius 3 is 1.91 bits per heavy atom. The lowest BCUT2D eigenvalue weighted by Gasteiger charge is -2.11. The molecule has 1 aliphatic rings. The number of carbonyl (C=O) groups is 3. The van der Waals surface area contributed by atoms with Crippen molar-refractivity contribution in [3.8, 4) is 11.6 Å². The van der Waals surface area contributed by atoms with Crippen LogP contribution in [0.3, 0.4) is 0 Å². The summed E-state index contributed by atoms with van der Waals surface area (Å²) < 4.78 is 78.8. The lowest BCUT2D eigenvalue weighted by molar-refractivity contribution is -0.132. The SMILES string of the molecule is COC(=O)Oc1[nH]n(-c2ccc(S(=O)(=O)O)cc2)c(=O)c1C=CC=C1C(=O)N(c2ccc(S(=O)(=O)O)cc2)N=C1C(=O)OC. The summed E-state index contributed by atoms with van der Waals surface area (Å²) in [6.07, 6.45) is 2.20. The summed E-state index contributed by atoms with van der Waals surface area (Å²) in [4.78, 5) is 49.7. The number of H-pyrrole nitrogens is 1. The minimum absolute atomic E-state index is 0.0403. The van der Waals surface area contributed by atoms with Gasteiger partial charge in [-0.15, -0.1) is 0 Å². The fraction of sp³-hybridized carbons (Fsp3) is 0.0800. The van der Waals surface area contributed by atoms with Crippen LogP contribution in [0, 0.1) is 0 Å². The van der Waals surface area contributed by atoms with E-state index in [1.165, 1.54) is 24.3 Å². The van der Waals surface area contributed by atoms with Crippen LogP contribution < -0.4 is 15.3 Å². The summed E-state index contributed by atoms with van der Waals surface area (Å²) in [6.45, 7) is 0. The van der Waals surface area contributed by atoms with Gasteiger partial charge in [-0.05, 0) is 60.7 Å². The highest BCUT2D eigenvalue weighted by Gasteiger charge is 2.35. The zero-order valence-electron chi connectivity index (χ0n) is 22.4. The van der Waals surface area contributed by atoms with E-state index in [4.69, 9.17) is 9.47 Å². The van der Waals surface area contributed by atoms with E-state index in [1.807, 2.05) is 0 Å².